The molecule has 20 heavy (non-hydrogen) atoms. The molecule has 0 aliphatic rings. The molecule has 3 heteroatoms. The van der Waals surface area contributed by atoms with Gasteiger partial charge in [-0.2, -0.15) is 0 Å². The predicted molar refractivity (Wildman–Crippen MR) is 84.9 cm³/mol. The summed E-state index contributed by atoms with van der Waals surface area (Å²) in [5, 5.41) is 9.47. The van der Waals surface area contributed by atoms with Crippen LogP contribution in [0.3, 0.4) is 0 Å². The summed E-state index contributed by atoms with van der Waals surface area (Å²) in [5.41, 5.74) is 2.50. The zero-order valence-electron chi connectivity index (χ0n) is 13.1. The number of unbranched alkanes of at least 4 members (excludes halogenated alkanes) is 2. The van der Waals surface area contributed by atoms with E-state index >= 15 is 0 Å². The molecular formula is C17H27NO2. The van der Waals surface area contributed by atoms with Crippen LogP contribution in [-0.2, 0) is 0 Å². The molecule has 1 N–H and O–H groups in total. The van der Waals surface area contributed by atoms with Crippen LogP contribution in [0.15, 0.2) is 18.2 Å². The first-order valence-corrected chi connectivity index (χ1v) is 7.56. The SMILES string of the molecule is CCCCCC(CC)c1c(C(=O)O)cccc1N(C)C. The Morgan fingerprint density at radius 2 is 1.95 bits per heavy atom. The van der Waals surface area contributed by atoms with E-state index in [2.05, 4.69) is 13.8 Å². The van der Waals surface area contributed by atoms with Gasteiger partial charge in [-0.1, -0.05) is 39.2 Å². The van der Waals surface area contributed by atoms with E-state index in [1.165, 1.54) is 12.8 Å². The van der Waals surface area contributed by atoms with Crippen LogP contribution in [-0.4, -0.2) is 25.2 Å². The van der Waals surface area contributed by atoms with Crippen LogP contribution in [0, 0.1) is 0 Å². The number of benzene rings is 1. The van der Waals surface area contributed by atoms with Crippen molar-refractivity contribution < 1.29 is 9.90 Å². The molecule has 1 aromatic carbocycles. The minimum Gasteiger partial charge on any atom is -0.478 e. The first-order chi connectivity index (χ1) is 9.52. The van der Waals surface area contributed by atoms with Crippen molar-refractivity contribution >= 4 is 11.7 Å². The zero-order valence-corrected chi connectivity index (χ0v) is 13.1. The summed E-state index contributed by atoms with van der Waals surface area (Å²) in [7, 11) is 3.95. The van der Waals surface area contributed by atoms with E-state index in [-0.39, 0.29) is 0 Å². The van der Waals surface area contributed by atoms with E-state index < -0.39 is 5.97 Å². The molecule has 0 amide bonds. The Morgan fingerprint density at radius 3 is 2.45 bits per heavy atom. The quantitative estimate of drug-likeness (QED) is 0.710. The molecule has 0 saturated heterocycles. The number of carboxylic acids is 1. The fourth-order valence-corrected chi connectivity index (χ4v) is 2.75. The molecule has 3 nitrogen and oxygen atoms in total. The Morgan fingerprint density at radius 1 is 1.25 bits per heavy atom. The predicted octanol–water partition coefficient (Wildman–Crippen LogP) is 4.52. The van der Waals surface area contributed by atoms with Gasteiger partial charge in [0.15, 0.2) is 0 Å². The fraction of sp³-hybridized carbons (Fsp3) is 0.588. The molecule has 112 valence electrons. The van der Waals surface area contributed by atoms with E-state index in [4.69, 9.17) is 0 Å². The lowest BCUT2D eigenvalue weighted by atomic mass is 9.86. The Kier molecular flexibility index (Phi) is 6.56. The molecule has 0 bridgehead atoms. The summed E-state index contributed by atoms with van der Waals surface area (Å²) in [6.45, 7) is 4.34. The maximum atomic E-state index is 11.5. The molecule has 0 spiro atoms. The summed E-state index contributed by atoms with van der Waals surface area (Å²) < 4.78 is 0. The first-order valence-electron chi connectivity index (χ1n) is 7.56. The number of rotatable bonds is 8. The molecular weight excluding hydrogens is 250 g/mol. The van der Waals surface area contributed by atoms with Gasteiger partial charge < -0.3 is 10.0 Å². The van der Waals surface area contributed by atoms with E-state index in [9.17, 15) is 9.90 Å². The maximum Gasteiger partial charge on any atom is 0.336 e. The third-order valence-corrected chi connectivity index (χ3v) is 3.85. The molecule has 1 rings (SSSR count). The van der Waals surface area contributed by atoms with Crippen LogP contribution < -0.4 is 4.90 Å². The van der Waals surface area contributed by atoms with Gasteiger partial charge in [0.05, 0.1) is 5.56 Å². The van der Waals surface area contributed by atoms with E-state index in [1.54, 1.807) is 6.07 Å². The molecule has 0 heterocycles. The van der Waals surface area contributed by atoms with Crippen LogP contribution in [0.5, 0.6) is 0 Å². The van der Waals surface area contributed by atoms with Crippen molar-refractivity contribution in [1.29, 1.82) is 0 Å². The zero-order chi connectivity index (χ0) is 15.1. The largest absolute Gasteiger partial charge is 0.478 e. The monoisotopic (exact) mass is 277 g/mol. The second kappa shape index (κ2) is 7.93. The van der Waals surface area contributed by atoms with E-state index in [0.717, 1.165) is 30.5 Å². The number of hydrogen-bond donors (Lipinski definition) is 1. The van der Waals surface area contributed by atoms with Crippen molar-refractivity contribution in [3.05, 3.63) is 29.3 Å². The number of carboxylic acid groups (broad SMARTS) is 1. The summed E-state index contributed by atoms with van der Waals surface area (Å²) >= 11 is 0. The van der Waals surface area contributed by atoms with Gasteiger partial charge in [0.25, 0.3) is 0 Å². The van der Waals surface area contributed by atoms with Crippen LogP contribution in [0.25, 0.3) is 0 Å². The van der Waals surface area contributed by atoms with Crippen molar-refractivity contribution in [2.75, 3.05) is 19.0 Å². The van der Waals surface area contributed by atoms with Gasteiger partial charge in [0, 0.05) is 19.8 Å². The summed E-state index contributed by atoms with van der Waals surface area (Å²) in [6.07, 6.45) is 5.61. The summed E-state index contributed by atoms with van der Waals surface area (Å²) in [4.78, 5) is 13.5. The molecule has 1 atom stereocenters. The average Bonchev–Trinajstić information content (AvgIpc) is 2.43. The first kappa shape index (κ1) is 16.5. The van der Waals surface area contributed by atoms with Crippen LogP contribution >= 0.6 is 0 Å². The second-order valence-corrected chi connectivity index (χ2v) is 5.54. The highest BCUT2D eigenvalue weighted by Crippen LogP contribution is 2.35. The van der Waals surface area contributed by atoms with E-state index in [1.807, 2.05) is 31.1 Å². The maximum absolute atomic E-state index is 11.5. The highest BCUT2D eigenvalue weighted by molar-refractivity contribution is 5.91. The Hall–Kier alpha value is -1.51. The van der Waals surface area contributed by atoms with Gasteiger partial charge in [-0.25, -0.2) is 4.79 Å². The fourth-order valence-electron chi connectivity index (χ4n) is 2.75. The minimum absolute atomic E-state index is 0.325. The van der Waals surface area contributed by atoms with Crippen LogP contribution in [0.4, 0.5) is 5.69 Å². The number of nitrogens with zero attached hydrogens (tertiary/aromatic N) is 1. The number of hydrogen-bond acceptors (Lipinski definition) is 2. The third kappa shape index (κ3) is 3.99. The minimum atomic E-state index is -0.822. The standard InChI is InChI=1S/C17H27NO2/c1-5-7-8-10-13(6-2)16-14(17(19)20)11-9-12-15(16)18(3)4/h9,11-13H,5-8,10H2,1-4H3,(H,19,20). The molecule has 0 saturated carbocycles. The molecule has 0 aliphatic heterocycles. The van der Waals surface area contributed by atoms with Gasteiger partial charge in [0.2, 0.25) is 0 Å². The van der Waals surface area contributed by atoms with Gasteiger partial charge in [-0.05, 0) is 36.5 Å². The van der Waals surface area contributed by atoms with Gasteiger partial charge in [-0.3, -0.25) is 0 Å². The number of aromatic carboxylic acids is 1. The van der Waals surface area contributed by atoms with Crippen molar-refractivity contribution in [3.8, 4) is 0 Å². The van der Waals surface area contributed by atoms with Gasteiger partial charge >= 0.3 is 5.97 Å². The summed E-state index contributed by atoms with van der Waals surface area (Å²) in [6, 6.07) is 5.58. The second-order valence-electron chi connectivity index (χ2n) is 5.54. The third-order valence-electron chi connectivity index (χ3n) is 3.85. The van der Waals surface area contributed by atoms with Crippen molar-refractivity contribution in [1.82, 2.24) is 0 Å². The van der Waals surface area contributed by atoms with Crippen molar-refractivity contribution in [2.24, 2.45) is 0 Å². The lowest BCUT2D eigenvalue weighted by Gasteiger charge is -2.25. The molecule has 1 unspecified atom stereocenters. The highest BCUT2D eigenvalue weighted by Gasteiger charge is 2.21. The number of anilines is 1. The van der Waals surface area contributed by atoms with Crippen LogP contribution in [0.1, 0.15) is 67.8 Å². The highest BCUT2D eigenvalue weighted by atomic mass is 16.4. The number of carbonyl (C=O) groups is 1. The van der Waals surface area contributed by atoms with Gasteiger partial charge in [-0.15, -0.1) is 0 Å². The van der Waals surface area contributed by atoms with Crippen molar-refractivity contribution in [3.63, 3.8) is 0 Å². The Bertz CT molecular complexity index is 441. The normalized spacial score (nSPS) is 12.2. The Balaban J connectivity index is 3.18. The molecule has 0 fully saturated rings. The molecule has 1 aromatic rings. The molecule has 0 radical (unpaired) electrons. The topological polar surface area (TPSA) is 40.5 Å². The molecule has 0 aromatic heterocycles. The summed E-state index contributed by atoms with van der Waals surface area (Å²) in [5.74, 6) is -0.496. The smallest absolute Gasteiger partial charge is 0.336 e. The van der Waals surface area contributed by atoms with Gasteiger partial charge in [0.1, 0.15) is 0 Å². The Labute approximate surface area is 122 Å². The van der Waals surface area contributed by atoms with E-state index in [0.29, 0.717) is 11.5 Å². The molecule has 0 aliphatic carbocycles. The average molecular weight is 277 g/mol. The lowest BCUT2D eigenvalue weighted by molar-refractivity contribution is 0.0695. The van der Waals surface area contributed by atoms with Crippen molar-refractivity contribution in [2.45, 2.75) is 51.9 Å². The van der Waals surface area contributed by atoms with Crippen LogP contribution in [0.2, 0.25) is 0 Å². The lowest BCUT2D eigenvalue weighted by Crippen LogP contribution is -2.16.